The van der Waals surface area contributed by atoms with Crippen molar-refractivity contribution >= 4 is 5.96 Å². The first-order chi connectivity index (χ1) is 8.68. The van der Waals surface area contributed by atoms with Gasteiger partial charge in [-0.3, -0.25) is 4.99 Å². The summed E-state index contributed by atoms with van der Waals surface area (Å²) in [5.74, 6) is 0.360. The highest BCUT2D eigenvalue weighted by atomic mass is 19.1. The van der Waals surface area contributed by atoms with Crippen molar-refractivity contribution in [1.82, 2.24) is 5.32 Å². The smallest absolute Gasteiger partial charge is 0.188 e. The number of nitrogens with one attached hydrogen (secondary N) is 1. The van der Waals surface area contributed by atoms with Gasteiger partial charge in [-0.1, -0.05) is 12.1 Å². The number of guanidine groups is 1. The fourth-order valence-corrected chi connectivity index (χ4v) is 2.21. The van der Waals surface area contributed by atoms with Crippen LogP contribution >= 0.6 is 0 Å². The van der Waals surface area contributed by atoms with Gasteiger partial charge in [-0.05, 0) is 43.4 Å². The summed E-state index contributed by atoms with van der Waals surface area (Å²) < 4.78 is 12.9. The molecule has 0 aliphatic heterocycles. The summed E-state index contributed by atoms with van der Waals surface area (Å²) in [5, 5.41) is 3.18. The van der Waals surface area contributed by atoms with E-state index in [1.165, 1.54) is 30.5 Å². The van der Waals surface area contributed by atoms with Crippen LogP contribution in [0.1, 0.15) is 31.2 Å². The van der Waals surface area contributed by atoms with E-state index in [1.54, 1.807) is 0 Å². The van der Waals surface area contributed by atoms with Crippen molar-refractivity contribution in [3.63, 3.8) is 0 Å². The van der Waals surface area contributed by atoms with Crippen molar-refractivity contribution in [3.05, 3.63) is 35.6 Å². The van der Waals surface area contributed by atoms with Crippen LogP contribution in [0.3, 0.4) is 0 Å². The number of benzene rings is 1. The Balaban J connectivity index is 1.65. The maximum atomic E-state index is 12.9. The van der Waals surface area contributed by atoms with E-state index in [-0.39, 0.29) is 11.2 Å². The van der Waals surface area contributed by atoms with Crippen LogP contribution in [0.15, 0.2) is 29.3 Å². The van der Waals surface area contributed by atoms with Gasteiger partial charge in [0.15, 0.2) is 5.96 Å². The lowest BCUT2D eigenvalue weighted by Crippen LogP contribution is -2.34. The fraction of sp³-hybridized carbons (Fsp3) is 0.500. The predicted octanol–water partition coefficient (Wildman–Crippen LogP) is 1.92. The van der Waals surface area contributed by atoms with Gasteiger partial charge in [0.1, 0.15) is 5.82 Å². The molecule has 18 heavy (non-hydrogen) atoms. The molecule has 4 heteroatoms. The molecule has 3 rings (SSSR count). The Morgan fingerprint density at radius 1 is 1.33 bits per heavy atom. The van der Waals surface area contributed by atoms with Crippen molar-refractivity contribution in [2.24, 2.45) is 10.7 Å². The van der Waals surface area contributed by atoms with Crippen LogP contribution in [0, 0.1) is 5.82 Å². The van der Waals surface area contributed by atoms with Crippen molar-refractivity contribution < 1.29 is 4.39 Å². The number of hydrogen-bond acceptors (Lipinski definition) is 1. The molecule has 0 spiro atoms. The Hall–Kier alpha value is -1.58. The van der Waals surface area contributed by atoms with E-state index in [4.69, 9.17) is 5.73 Å². The fourth-order valence-electron chi connectivity index (χ4n) is 2.21. The first-order valence-electron chi connectivity index (χ1n) is 6.50. The van der Waals surface area contributed by atoms with E-state index in [9.17, 15) is 4.39 Å². The molecule has 0 heterocycles. The van der Waals surface area contributed by atoms with Crippen molar-refractivity contribution in [1.29, 1.82) is 0 Å². The molecule has 2 fully saturated rings. The van der Waals surface area contributed by atoms with Crippen molar-refractivity contribution in [2.45, 2.75) is 37.1 Å². The second-order valence-electron chi connectivity index (χ2n) is 5.41. The Morgan fingerprint density at radius 2 is 2.00 bits per heavy atom. The van der Waals surface area contributed by atoms with Crippen LogP contribution in [0.25, 0.3) is 0 Å². The van der Waals surface area contributed by atoms with Crippen molar-refractivity contribution in [2.75, 3.05) is 6.54 Å². The maximum absolute atomic E-state index is 12.9. The molecule has 1 aromatic carbocycles. The van der Waals surface area contributed by atoms with Crippen LogP contribution in [-0.2, 0) is 5.41 Å². The lowest BCUT2D eigenvalue weighted by Gasteiger charge is -2.13. The number of halogens is 1. The highest BCUT2D eigenvalue weighted by molar-refractivity contribution is 5.78. The average Bonchev–Trinajstić information content (AvgIpc) is 3.23. The molecule has 2 aliphatic carbocycles. The molecule has 0 aromatic heterocycles. The number of hydrogen-bond donors (Lipinski definition) is 2. The van der Waals surface area contributed by atoms with Gasteiger partial charge in [0.05, 0.1) is 6.54 Å². The summed E-state index contributed by atoms with van der Waals surface area (Å²) in [4.78, 5) is 4.43. The van der Waals surface area contributed by atoms with Gasteiger partial charge in [0, 0.05) is 11.5 Å². The molecule has 2 aliphatic rings. The Labute approximate surface area is 106 Å². The summed E-state index contributed by atoms with van der Waals surface area (Å²) in [7, 11) is 0. The van der Waals surface area contributed by atoms with Crippen LogP contribution in [0.2, 0.25) is 0 Å². The third kappa shape index (κ3) is 2.47. The van der Waals surface area contributed by atoms with E-state index in [1.807, 2.05) is 12.1 Å². The zero-order valence-electron chi connectivity index (χ0n) is 10.3. The topological polar surface area (TPSA) is 50.4 Å². The molecule has 96 valence electrons. The average molecular weight is 247 g/mol. The molecular formula is C14H18FN3. The predicted molar refractivity (Wildman–Crippen MR) is 70.0 cm³/mol. The minimum Gasteiger partial charge on any atom is -0.370 e. The van der Waals surface area contributed by atoms with Gasteiger partial charge in [0.25, 0.3) is 0 Å². The largest absolute Gasteiger partial charge is 0.370 e. The van der Waals surface area contributed by atoms with Gasteiger partial charge >= 0.3 is 0 Å². The second-order valence-corrected chi connectivity index (χ2v) is 5.41. The minimum absolute atomic E-state index is 0.101. The van der Waals surface area contributed by atoms with E-state index >= 15 is 0 Å². The standard InChI is InChI=1S/C14H18FN3/c15-11-3-1-10(2-4-11)14(7-8-14)9-17-13(16)18-12-5-6-12/h1-4,12H,5-9H2,(H3,16,17,18). The number of rotatable bonds is 4. The third-order valence-corrected chi connectivity index (χ3v) is 3.79. The SMILES string of the molecule is NC(=NCC1(c2ccc(F)cc2)CC1)NC1CC1. The normalized spacial score (nSPS) is 21.7. The monoisotopic (exact) mass is 247 g/mol. The van der Waals surface area contributed by atoms with Gasteiger partial charge < -0.3 is 11.1 Å². The quantitative estimate of drug-likeness (QED) is 0.631. The van der Waals surface area contributed by atoms with Crippen LogP contribution in [0.5, 0.6) is 0 Å². The zero-order valence-corrected chi connectivity index (χ0v) is 10.3. The van der Waals surface area contributed by atoms with E-state index < -0.39 is 0 Å². The van der Waals surface area contributed by atoms with Gasteiger partial charge in [-0.2, -0.15) is 0 Å². The maximum Gasteiger partial charge on any atom is 0.188 e. The van der Waals surface area contributed by atoms with E-state index in [0.29, 0.717) is 18.5 Å². The molecule has 0 saturated heterocycles. The molecular weight excluding hydrogens is 229 g/mol. The zero-order chi connectivity index (χ0) is 12.6. The first-order valence-corrected chi connectivity index (χ1v) is 6.50. The molecule has 3 N–H and O–H groups in total. The van der Waals surface area contributed by atoms with E-state index in [2.05, 4.69) is 10.3 Å². The molecule has 3 nitrogen and oxygen atoms in total. The second kappa shape index (κ2) is 4.26. The highest BCUT2D eigenvalue weighted by Crippen LogP contribution is 2.48. The van der Waals surface area contributed by atoms with Gasteiger partial charge in [-0.25, -0.2) is 4.39 Å². The molecule has 0 radical (unpaired) electrons. The number of aliphatic imine (C=N–C) groups is 1. The highest BCUT2D eigenvalue weighted by Gasteiger charge is 2.44. The van der Waals surface area contributed by atoms with Gasteiger partial charge in [-0.15, -0.1) is 0 Å². The summed E-state index contributed by atoms with van der Waals surface area (Å²) in [6, 6.07) is 7.30. The van der Waals surface area contributed by atoms with Crippen molar-refractivity contribution in [3.8, 4) is 0 Å². The molecule has 0 amide bonds. The summed E-state index contributed by atoms with van der Waals surface area (Å²) >= 11 is 0. The molecule has 2 saturated carbocycles. The summed E-state index contributed by atoms with van der Waals surface area (Å²) in [6.45, 7) is 0.699. The van der Waals surface area contributed by atoms with Crippen LogP contribution in [0.4, 0.5) is 4.39 Å². The Bertz CT molecular complexity index is 458. The lowest BCUT2D eigenvalue weighted by molar-refractivity contribution is 0.623. The Kier molecular flexibility index (Phi) is 2.73. The molecule has 0 bridgehead atoms. The number of nitrogens with zero attached hydrogens (tertiary/aromatic N) is 1. The summed E-state index contributed by atoms with van der Waals surface area (Å²) in [6.07, 6.45) is 4.61. The molecule has 1 aromatic rings. The minimum atomic E-state index is -0.187. The number of nitrogens with two attached hydrogens (primary N) is 1. The summed E-state index contributed by atoms with van der Waals surface area (Å²) in [5.41, 5.74) is 7.10. The van der Waals surface area contributed by atoms with E-state index in [0.717, 1.165) is 12.8 Å². The first kappa shape index (κ1) is 11.5. The molecule has 0 atom stereocenters. The Morgan fingerprint density at radius 3 is 2.56 bits per heavy atom. The van der Waals surface area contributed by atoms with Gasteiger partial charge in [0.2, 0.25) is 0 Å². The van der Waals surface area contributed by atoms with Crippen LogP contribution in [-0.4, -0.2) is 18.5 Å². The molecule has 0 unspecified atom stereocenters. The van der Waals surface area contributed by atoms with Crippen LogP contribution < -0.4 is 11.1 Å². The lowest BCUT2D eigenvalue weighted by atomic mass is 9.96. The third-order valence-electron chi connectivity index (χ3n) is 3.79.